The van der Waals surface area contributed by atoms with Crippen LogP contribution in [0.15, 0.2) is 54.7 Å². The van der Waals surface area contributed by atoms with E-state index in [-0.39, 0.29) is 11.4 Å². The van der Waals surface area contributed by atoms with Gasteiger partial charge in [0.05, 0.1) is 30.7 Å². The van der Waals surface area contributed by atoms with Gasteiger partial charge in [0, 0.05) is 31.8 Å². The van der Waals surface area contributed by atoms with E-state index >= 15 is 0 Å². The standard InChI is InChI=1S/C35H42N4O5/c1-4-43-34-30(35(40)41)18-36-39(34)32-12-6-11-31(37-32)29-10-5-8-23(2)33(29)44-22-27-14-13-26-20-38(16-15-28(26)24(27)3)19-25-9-7-17-42-21-25/h5-6,8,10-14,18,25,35,40-41H,4,7,9,15-17,19-22H2,1-3H3. The van der Waals surface area contributed by atoms with Gasteiger partial charge in [-0.2, -0.15) is 9.78 Å². The van der Waals surface area contributed by atoms with E-state index < -0.39 is 6.29 Å². The van der Waals surface area contributed by atoms with Crippen LogP contribution in [0, 0.1) is 19.8 Å². The summed E-state index contributed by atoms with van der Waals surface area (Å²) < 4.78 is 19.5. The zero-order valence-corrected chi connectivity index (χ0v) is 25.8. The Balaban J connectivity index is 1.21. The monoisotopic (exact) mass is 598 g/mol. The average Bonchev–Trinajstić information content (AvgIpc) is 3.46. The highest BCUT2D eigenvalue weighted by Crippen LogP contribution is 2.35. The van der Waals surface area contributed by atoms with Crippen molar-refractivity contribution in [1.82, 2.24) is 19.7 Å². The van der Waals surface area contributed by atoms with E-state index in [4.69, 9.17) is 19.2 Å². The Kier molecular flexibility index (Phi) is 9.28. The number of ether oxygens (including phenoxy) is 3. The molecule has 0 radical (unpaired) electrons. The minimum Gasteiger partial charge on any atom is -0.488 e. The third kappa shape index (κ3) is 6.37. The lowest BCUT2D eigenvalue weighted by Crippen LogP contribution is -2.37. The van der Waals surface area contributed by atoms with Gasteiger partial charge in [0.15, 0.2) is 12.1 Å². The summed E-state index contributed by atoms with van der Waals surface area (Å²) in [6.45, 7) is 11.9. The number of aliphatic hydroxyl groups is 2. The molecule has 0 aliphatic carbocycles. The molecule has 1 saturated heterocycles. The summed E-state index contributed by atoms with van der Waals surface area (Å²) in [7, 11) is 0. The van der Waals surface area contributed by atoms with Crippen molar-refractivity contribution in [3.63, 3.8) is 0 Å². The maximum Gasteiger partial charge on any atom is 0.226 e. The zero-order chi connectivity index (χ0) is 30.6. The lowest BCUT2D eigenvalue weighted by Gasteiger charge is -2.34. The van der Waals surface area contributed by atoms with Crippen molar-refractivity contribution in [2.75, 3.05) is 32.9 Å². The Labute approximate surface area is 259 Å². The van der Waals surface area contributed by atoms with Gasteiger partial charge in [0.2, 0.25) is 5.88 Å². The molecule has 6 rings (SSSR count). The number of nitrogens with zero attached hydrogens (tertiary/aromatic N) is 4. The molecule has 2 aliphatic heterocycles. The van der Waals surface area contributed by atoms with E-state index in [1.165, 1.54) is 46.0 Å². The molecule has 2 aliphatic rings. The summed E-state index contributed by atoms with van der Waals surface area (Å²) in [5.41, 5.74) is 8.20. The number of aliphatic hydroxyl groups excluding tert-OH is 1. The molecule has 0 bridgehead atoms. The highest BCUT2D eigenvalue weighted by molar-refractivity contribution is 5.69. The molecule has 9 nitrogen and oxygen atoms in total. The van der Waals surface area contributed by atoms with Crippen molar-refractivity contribution in [3.8, 4) is 28.7 Å². The molecule has 4 aromatic rings. The molecule has 4 heterocycles. The van der Waals surface area contributed by atoms with Crippen LogP contribution >= 0.6 is 0 Å². The van der Waals surface area contributed by atoms with Crippen molar-refractivity contribution >= 4 is 0 Å². The van der Waals surface area contributed by atoms with E-state index in [2.05, 4.69) is 29.1 Å². The third-order valence-corrected chi connectivity index (χ3v) is 8.77. The molecule has 1 fully saturated rings. The molecule has 2 N–H and O–H groups in total. The topological polar surface area (TPSA) is 102 Å². The fraction of sp³-hybridized carbons (Fsp3) is 0.429. The van der Waals surface area contributed by atoms with Gasteiger partial charge in [0.1, 0.15) is 12.4 Å². The number of aryl methyl sites for hydroxylation is 1. The molecule has 44 heavy (non-hydrogen) atoms. The molecule has 2 aromatic heterocycles. The molecule has 1 unspecified atom stereocenters. The summed E-state index contributed by atoms with van der Waals surface area (Å²) in [6, 6.07) is 16.2. The van der Waals surface area contributed by atoms with Gasteiger partial charge in [-0.15, -0.1) is 0 Å². The second-order valence-corrected chi connectivity index (χ2v) is 11.8. The molecular formula is C35H42N4O5. The zero-order valence-electron chi connectivity index (χ0n) is 25.8. The molecule has 9 heteroatoms. The van der Waals surface area contributed by atoms with Crippen LogP contribution in [0.3, 0.4) is 0 Å². The van der Waals surface area contributed by atoms with Crippen LogP contribution in [0.1, 0.15) is 59.4 Å². The number of pyridine rings is 1. The summed E-state index contributed by atoms with van der Waals surface area (Å²) >= 11 is 0. The molecule has 0 saturated carbocycles. The van der Waals surface area contributed by atoms with Gasteiger partial charge in [-0.05, 0) is 92.0 Å². The number of aromatic nitrogens is 3. The van der Waals surface area contributed by atoms with Crippen molar-refractivity contribution in [2.45, 2.75) is 59.5 Å². The third-order valence-electron chi connectivity index (χ3n) is 8.77. The first-order chi connectivity index (χ1) is 21.4. The quantitative estimate of drug-likeness (QED) is 0.237. The van der Waals surface area contributed by atoms with Crippen molar-refractivity contribution in [2.24, 2.45) is 5.92 Å². The van der Waals surface area contributed by atoms with Crippen LogP contribution in [0.5, 0.6) is 11.6 Å². The predicted molar refractivity (Wildman–Crippen MR) is 168 cm³/mol. The SMILES string of the molecule is CCOc1c(C(O)O)cnn1-c1cccc(-c2cccc(C)c2OCc2ccc3c(c2C)CCN(CC2CCCOC2)C3)n1. The average molecular weight is 599 g/mol. The second kappa shape index (κ2) is 13.5. The highest BCUT2D eigenvalue weighted by atomic mass is 16.5. The maximum absolute atomic E-state index is 9.78. The number of para-hydroxylation sites is 1. The van der Waals surface area contributed by atoms with E-state index in [1.807, 2.05) is 50.2 Å². The molecule has 0 amide bonds. The number of rotatable bonds is 10. The van der Waals surface area contributed by atoms with Gasteiger partial charge < -0.3 is 24.4 Å². The summed E-state index contributed by atoms with van der Waals surface area (Å²) in [4.78, 5) is 7.46. The van der Waals surface area contributed by atoms with E-state index in [0.717, 1.165) is 61.8 Å². The van der Waals surface area contributed by atoms with E-state index in [1.54, 1.807) is 0 Å². The Morgan fingerprint density at radius 1 is 1.07 bits per heavy atom. The first-order valence-corrected chi connectivity index (χ1v) is 15.6. The largest absolute Gasteiger partial charge is 0.488 e. The molecule has 1 atom stereocenters. The van der Waals surface area contributed by atoms with Crippen molar-refractivity contribution in [1.29, 1.82) is 0 Å². The van der Waals surface area contributed by atoms with Crippen LogP contribution in [0.4, 0.5) is 0 Å². The van der Waals surface area contributed by atoms with Crippen LogP contribution in [0.2, 0.25) is 0 Å². The fourth-order valence-corrected chi connectivity index (χ4v) is 6.43. The number of hydrogen-bond acceptors (Lipinski definition) is 8. The van der Waals surface area contributed by atoms with Crippen LogP contribution in [-0.4, -0.2) is 62.8 Å². The van der Waals surface area contributed by atoms with E-state index in [9.17, 15) is 10.2 Å². The Morgan fingerprint density at radius 3 is 2.73 bits per heavy atom. The van der Waals surface area contributed by atoms with Gasteiger partial charge in [-0.25, -0.2) is 4.98 Å². The van der Waals surface area contributed by atoms with Crippen molar-refractivity contribution < 1.29 is 24.4 Å². The van der Waals surface area contributed by atoms with Gasteiger partial charge >= 0.3 is 0 Å². The molecule has 232 valence electrons. The van der Waals surface area contributed by atoms with Crippen LogP contribution in [0.25, 0.3) is 17.1 Å². The smallest absolute Gasteiger partial charge is 0.226 e. The molecule has 2 aromatic carbocycles. The van der Waals surface area contributed by atoms with Crippen LogP contribution < -0.4 is 9.47 Å². The van der Waals surface area contributed by atoms with Gasteiger partial charge in [0.25, 0.3) is 0 Å². The minimum absolute atomic E-state index is 0.186. The molecular weight excluding hydrogens is 556 g/mol. The van der Waals surface area contributed by atoms with Gasteiger partial charge in [-0.1, -0.05) is 30.3 Å². The summed E-state index contributed by atoms with van der Waals surface area (Å²) in [6.07, 6.45) is 3.19. The number of hydrogen-bond donors (Lipinski definition) is 2. The minimum atomic E-state index is -1.70. The lowest BCUT2D eigenvalue weighted by atomic mass is 9.91. The highest BCUT2D eigenvalue weighted by Gasteiger charge is 2.24. The Morgan fingerprint density at radius 2 is 1.93 bits per heavy atom. The molecule has 0 spiro atoms. The number of fused-ring (bicyclic) bond motifs is 1. The summed E-state index contributed by atoms with van der Waals surface area (Å²) in [5.74, 6) is 2.18. The summed E-state index contributed by atoms with van der Waals surface area (Å²) in [5, 5.41) is 23.9. The first kappa shape index (κ1) is 30.3. The van der Waals surface area contributed by atoms with Crippen LogP contribution in [-0.2, 0) is 24.3 Å². The normalized spacial score (nSPS) is 17.1. The van der Waals surface area contributed by atoms with E-state index in [0.29, 0.717) is 24.9 Å². The predicted octanol–water partition coefficient (Wildman–Crippen LogP) is 5.30. The Bertz CT molecular complexity index is 1590. The number of benzene rings is 2. The Hall–Kier alpha value is -3.76. The fourth-order valence-electron chi connectivity index (χ4n) is 6.43. The first-order valence-electron chi connectivity index (χ1n) is 15.6. The lowest BCUT2D eigenvalue weighted by molar-refractivity contribution is -0.0442. The van der Waals surface area contributed by atoms with Gasteiger partial charge in [-0.3, -0.25) is 4.90 Å². The maximum atomic E-state index is 9.78. The second-order valence-electron chi connectivity index (χ2n) is 11.8. The van der Waals surface area contributed by atoms with Crippen molar-refractivity contribution in [3.05, 3.63) is 88.1 Å².